The van der Waals surface area contributed by atoms with Crippen LogP contribution in [0.5, 0.6) is 0 Å². The number of nitrogens with zero attached hydrogens (tertiary/aromatic N) is 2. The Morgan fingerprint density at radius 1 is 0.886 bits per heavy atom. The van der Waals surface area contributed by atoms with Gasteiger partial charge in [-0.15, -0.1) is 11.8 Å². The molecule has 0 radical (unpaired) electrons. The number of carbonyl (C=O) groups excluding carboxylic acids is 2. The van der Waals surface area contributed by atoms with Gasteiger partial charge in [0.15, 0.2) is 0 Å². The number of carbonyl (C=O) groups is 2. The van der Waals surface area contributed by atoms with Crippen molar-refractivity contribution in [1.82, 2.24) is 10.2 Å². The van der Waals surface area contributed by atoms with E-state index in [4.69, 9.17) is 11.6 Å². The lowest BCUT2D eigenvalue weighted by molar-refractivity contribution is -0.140. The lowest BCUT2D eigenvalue weighted by Gasteiger charge is -2.34. The SMILES string of the molecule is CCNC(=O)[C@@H](Cc1ccccc1)N(Cc1cccc(Cl)c1)C(=O)CN(c1ccc(C)cc1)S(=O)(=O)c1ccc(SC)cc1. The zero-order valence-electron chi connectivity index (χ0n) is 24.9. The standard InChI is InChI=1S/C34H36ClN3O4S2/c1-4-36-34(40)32(22-26-9-6-5-7-10-26)37(23-27-11-8-12-28(35)21-27)33(39)24-38(29-15-13-25(2)14-16-29)44(41,42)31-19-17-30(43-3)18-20-31/h5-21,32H,4,22-24H2,1-3H3,(H,36,40)/t32-/m1/s1. The van der Waals surface area contributed by atoms with Crippen molar-refractivity contribution in [3.8, 4) is 0 Å². The largest absolute Gasteiger partial charge is 0.355 e. The molecule has 230 valence electrons. The summed E-state index contributed by atoms with van der Waals surface area (Å²) < 4.78 is 29.4. The van der Waals surface area contributed by atoms with E-state index in [0.717, 1.165) is 20.3 Å². The maximum Gasteiger partial charge on any atom is 0.264 e. The fourth-order valence-electron chi connectivity index (χ4n) is 4.79. The minimum Gasteiger partial charge on any atom is -0.355 e. The number of halogens is 1. The molecule has 10 heteroatoms. The van der Waals surface area contributed by atoms with Gasteiger partial charge in [0.2, 0.25) is 11.8 Å². The number of hydrogen-bond acceptors (Lipinski definition) is 5. The molecule has 4 aromatic carbocycles. The topological polar surface area (TPSA) is 86.8 Å². The summed E-state index contributed by atoms with van der Waals surface area (Å²) in [7, 11) is -4.16. The highest BCUT2D eigenvalue weighted by molar-refractivity contribution is 7.98. The van der Waals surface area contributed by atoms with Gasteiger partial charge in [-0.1, -0.05) is 71.8 Å². The third kappa shape index (κ3) is 8.43. The van der Waals surface area contributed by atoms with Crippen molar-refractivity contribution in [3.63, 3.8) is 0 Å². The van der Waals surface area contributed by atoms with Crippen molar-refractivity contribution in [3.05, 3.63) is 125 Å². The van der Waals surface area contributed by atoms with Crippen LogP contribution in [0.1, 0.15) is 23.6 Å². The zero-order chi connectivity index (χ0) is 31.7. The summed E-state index contributed by atoms with van der Waals surface area (Å²) in [5.74, 6) is -0.855. The first-order valence-corrected chi connectivity index (χ1v) is 17.3. The second-order valence-electron chi connectivity index (χ2n) is 10.3. The Kier molecular flexibility index (Phi) is 11.5. The van der Waals surface area contributed by atoms with E-state index in [1.165, 1.54) is 16.7 Å². The molecule has 2 amide bonds. The van der Waals surface area contributed by atoms with Crippen LogP contribution in [-0.4, -0.2) is 50.5 Å². The molecule has 4 rings (SSSR count). The van der Waals surface area contributed by atoms with Crippen molar-refractivity contribution in [2.45, 2.75) is 42.6 Å². The maximum atomic E-state index is 14.4. The Balaban J connectivity index is 1.79. The van der Waals surface area contributed by atoms with E-state index in [1.54, 1.807) is 66.7 Å². The third-order valence-corrected chi connectivity index (χ3v) is 9.88. The number of hydrogen-bond donors (Lipinski definition) is 1. The van der Waals surface area contributed by atoms with Gasteiger partial charge in [0.05, 0.1) is 10.6 Å². The van der Waals surface area contributed by atoms with Gasteiger partial charge in [0.25, 0.3) is 10.0 Å². The number of anilines is 1. The molecule has 1 N–H and O–H groups in total. The van der Waals surface area contributed by atoms with Gasteiger partial charge in [0, 0.05) is 29.4 Å². The molecule has 0 aromatic heterocycles. The van der Waals surface area contributed by atoms with Gasteiger partial charge in [-0.2, -0.15) is 0 Å². The van der Waals surface area contributed by atoms with Crippen molar-refractivity contribution >= 4 is 50.9 Å². The number of amides is 2. The molecule has 0 fully saturated rings. The number of likely N-dealkylation sites (N-methyl/N-ethyl adjacent to an activating group) is 1. The molecule has 0 bridgehead atoms. The predicted molar refractivity (Wildman–Crippen MR) is 179 cm³/mol. The Bertz CT molecular complexity index is 1670. The molecule has 44 heavy (non-hydrogen) atoms. The highest BCUT2D eigenvalue weighted by Crippen LogP contribution is 2.27. The lowest BCUT2D eigenvalue weighted by Crippen LogP contribution is -2.53. The number of thioether (sulfide) groups is 1. The number of benzene rings is 4. The van der Waals surface area contributed by atoms with Crippen LogP contribution in [0.15, 0.2) is 113 Å². The summed E-state index contributed by atoms with van der Waals surface area (Å²) in [5.41, 5.74) is 2.87. The Morgan fingerprint density at radius 3 is 2.16 bits per heavy atom. The maximum absolute atomic E-state index is 14.4. The zero-order valence-corrected chi connectivity index (χ0v) is 27.3. The van der Waals surface area contributed by atoms with E-state index >= 15 is 0 Å². The summed E-state index contributed by atoms with van der Waals surface area (Å²) in [5, 5.41) is 3.35. The van der Waals surface area contributed by atoms with Crippen molar-refractivity contribution in [2.75, 3.05) is 23.7 Å². The fourth-order valence-corrected chi connectivity index (χ4v) is 6.83. The summed E-state index contributed by atoms with van der Waals surface area (Å²) in [6.07, 6.45) is 2.16. The van der Waals surface area contributed by atoms with E-state index < -0.39 is 28.5 Å². The minimum absolute atomic E-state index is 0.0538. The number of sulfonamides is 1. The molecule has 7 nitrogen and oxygen atoms in total. The molecule has 0 heterocycles. The minimum atomic E-state index is -4.16. The molecular weight excluding hydrogens is 614 g/mol. The molecular formula is C34H36ClN3O4S2. The van der Waals surface area contributed by atoms with Gasteiger partial charge in [-0.3, -0.25) is 13.9 Å². The van der Waals surface area contributed by atoms with E-state index in [0.29, 0.717) is 22.8 Å². The smallest absolute Gasteiger partial charge is 0.264 e. The molecule has 0 aliphatic heterocycles. The molecule has 0 aliphatic rings. The second-order valence-corrected chi connectivity index (χ2v) is 13.5. The molecule has 0 spiro atoms. The first-order chi connectivity index (χ1) is 21.1. The van der Waals surface area contributed by atoms with Crippen LogP contribution in [-0.2, 0) is 32.6 Å². The van der Waals surface area contributed by atoms with E-state index in [-0.39, 0.29) is 23.8 Å². The second kappa shape index (κ2) is 15.3. The molecule has 0 aliphatic carbocycles. The normalized spacial score (nSPS) is 11.9. The van der Waals surface area contributed by atoms with Crippen LogP contribution in [0.3, 0.4) is 0 Å². The number of aryl methyl sites for hydroxylation is 1. The molecule has 4 aromatic rings. The third-order valence-electron chi connectivity index (χ3n) is 7.11. The highest BCUT2D eigenvalue weighted by Gasteiger charge is 2.34. The van der Waals surface area contributed by atoms with Gasteiger partial charge >= 0.3 is 0 Å². The summed E-state index contributed by atoms with van der Waals surface area (Å²) in [6.45, 7) is 3.63. The van der Waals surface area contributed by atoms with Gasteiger partial charge in [-0.05, 0) is 79.8 Å². The number of rotatable bonds is 13. The van der Waals surface area contributed by atoms with Gasteiger partial charge < -0.3 is 10.2 Å². The Labute approximate surface area is 269 Å². The summed E-state index contributed by atoms with van der Waals surface area (Å²) in [6, 6.07) is 29.1. The first-order valence-electron chi connectivity index (χ1n) is 14.2. The van der Waals surface area contributed by atoms with Crippen LogP contribution < -0.4 is 9.62 Å². The Morgan fingerprint density at radius 2 is 1.55 bits per heavy atom. The van der Waals surface area contributed by atoms with Crippen molar-refractivity contribution in [2.24, 2.45) is 0 Å². The summed E-state index contributed by atoms with van der Waals surface area (Å²) in [4.78, 5) is 30.4. The molecule has 1 atom stereocenters. The molecule has 0 saturated heterocycles. The quantitative estimate of drug-likeness (QED) is 0.171. The predicted octanol–water partition coefficient (Wildman–Crippen LogP) is 6.34. The number of nitrogens with one attached hydrogen (secondary N) is 1. The van der Waals surface area contributed by atoms with Crippen LogP contribution >= 0.6 is 23.4 Å². The molecule has 0 unspecified atom stereocenters. The van der Waals surface area contributed by atoms with Crippen LogP contribution in [0, 0.1) is 6.92 Å². The summed E-state index contributed by atoms with van der Waals surface area (Å²) >= 11 is 7.79. The van der Waals surface area contributed by atoms with Gasteiger partial charge in [0.1, 0.15) is 12.6 Å². The lowest BCUT2D eigenvalue weighted by atomic mass is 10.0. The van der Waals surface area contributed by atoms with E-state index in [1.807, 2.05) is 56.5 Å². The van der Waals surface area contributed by atoms with E-state index in [2.05, 4.69) is 5.32 Å². The monoisotopic (exact) mass is 649 g/mol. The van der Waals surface area contributed by atoms with Gasteiger partial charge in [-0.25, -0.2) is 8.42 Å². The highest BCUT2D eigenvalue weighted by atomic mass is 35.5. The van der Waals surface area contributed by atoms with E-state index in [9.17, 15) is 18.0 Å². The van der Waals surface area contributed by atoms with Crippen molar-refractivity contribution in [1.29, 1.82) is 0 Å². The Hall–Kier alpha value is -3.79. The van der Waals surface area contributed by atoms with Crippen LogP contribution in [0.2, 0.25) is 5.02 Å². The fraction of sp³-hybridized carbons (Fsp3) is 0.235. The molecule has 0 saturated carbocycles. The average Bonchev–Trinajstić information content (AvgIpc) is 3.02. The first kappa shape index (κ1) is 33.1. The van der Waals surface area contributed by atoms with Crippen LogP contribution in [0.4, 0.5) is 5.69 Å². The van der Waals surface area contributed by atoms with Crippen molar-refractivity contribution < 1.29 is 18.0 Å². The average molecular weight is 650 g/mol. The van der Waals surface area contributed by atoms with Crippen LogP contribution in [0.25, 0.3) is 0 Å².